The second-order valence-corrected chi connectivity index (χ2v) is 3.49. The Bertz CT molecular complexity index is 241. The van der Waals surface area contributed by atoms with E-state index in [4.69, 9.17) is 5.73 Å². The first-order chi connectivity index (χ1) is 5.55. The lowest BCUT2D eigenvalue weighted by Gasteiger charge is -2.26. The van der Waals surface area contributed by atoms with Crippen LogP contribution in [-0.2, 0) is 5.41 Å². The van der Waals surface area contributed by atoms with Crippen molar-refractivity contribution in [2.24, 2.45) is 5.73 Å². The summed E-state index contributed by atoms with van der Waals surface area (Å²) in [5, 5.41) is 0. The van der Waals surface area contributed by atoms with Gasteiger partial charge >= 0.3 is 0 Å². The maximum absolute atomic E-state index is 12.9. The third-order valence-electron chi connectivity index (χ3n) is 2.21. The molecule has 2 N–H and O–H groups in total. The zero-order valence-corrected chi connectivity index (χ0v) is 7.42. The van der Waals surface area contributed by atoms with Crippen LogP contribution < -0.4 is 5.73 Å². The van der Waals surface area contributed by atoms with Crippen molar-refractivity contribution in [1.29, 1.82) is 0 Å². The standard InChI is InChI=1S/C10H14FN/c1-10(2,9(11)12)8-6-4-3-5-7-8/h3-7,9H,12H2,1-2H3. The smallest absolute Gasteiger partial charge is 0.157 e. The molecule has 0 bridgehead atoms. The number of hydrogen-bond acceptors (Lipinski definition) is 1. The van der Waals surface area contributed by atoms with E-state index in [0.717, 1.165) is 5.56 Å². The van der Waals surface area contributed by atoms with E-state index in [1.165, 1.54) is 0 Å². The third-order valence-corrected chi connectivity index (χ3v) is 2.21. The van der Waals surface area contributed by atoms with Crippen molar-refractivity contribution < 1.29 is 4.39 Å². The van der Waals surface area contributed by atoms with Gasteiger partial charge in [-0.25, -0.2) is 4.39 Å². The summed E-state index contributed by atoms with van der Waals surface area (Å²) in [6, 6.07) is 9.46. The average molecular weight is 167 g/mol. The number of benzene rings is 1. The molecule has 0 aromatic heterocycles. The van der Waals surface area contributed by atoms with Gasteiger partial charge in [-0.2, -0.15) is 0 Å². The first-order valence-electron chi connectivity index (χ1n) is 4.00. The minimum atomic E-state index is -1.32. The Hall–Kier alpha value is -0.890. The molecule has 0 spiro atoms. The molecule has 1 nitrogen and oxygen atoms in total. The Morgan fingerprint density at radius 3 is 2.17 bits per heavy atom. The van der Waals surface area contributed by atoms with E-state index in [1.54, 1.807) is 13.8 Å². The van der Waals surface area contributed by atoms with E-state index < -0.39 is 11.7 Å². The van der Waals surface area contributed by atoms with Gasteiger partial charge in [-0.15, -0.1) is 0 Å². The molecule has 2 heteroatoms. The lowest BCUT2D eigenvalue weighted by Crippen LogP contribution is -2.36. The lowest BCUT2D eigenvalue weighted by molar-refractivity contribution is 0.223. The summed E-state index contributed by atoms with van der Waals surface area (Å²) in [4.78, 5) is 0. The lowest BCUT2D eigenvalue weighted by atomic mass is 9.84. The van der Waals surface area contributed by atoms with E-state index in [0.29, 0.717) is 0 Å². The van der Waals surface area contributed by atoms with Gasteiger partial charge in [-0.05, 0) is 5.56 Å². The summed E-state index contributed by atoms with van der Waals surface area (Å²) >= 11 is 0. The van der Waals surface area contributed by atoms with Gasteiger partial charge in [0, 0.05) is 5.41 Å². The molecule has 0 aliphatic rings. The first-order valence-corrected chi connectivity index (χ1v) is 4.00. The molecule has 0 saturated carbocycles. The normalized spacial score (nSPS) is 14.3. The molecule has 1 aromatic rings. The summed E-state index contributed by atoms with van der Waals surface area (Å²) in [7, 11) is 0. The van der Waals surface area contributed by atoms with Gasteiger partial charge < -0.3 is 5.73 Å². The SMILES string of the molecule is CC(C)(c1ccccc1)C(N)F. The Balaban J connectivity index is 2.98. The van der Waals surface area contributed by atoms with Crippen LogP contribution >= 0.6 is 0 Å². The van der Waals surface area contributed by atoms with E-state index in [-0.39, 0.29) is 0 Å². The molecule has 1 aromatic carbocycles. The Labute approximate surface area is 72.4 Å². The molecule has 1 rings (SSSR count). The molecule has 12 heavy (non-hydrogen) atoms. The van der Waals surface area contributed by atoms with Crippen LogP contribution in [-0.4, -0.2) is 6.30 Å². The number of rotatable bonds is 2. The molecule has 0 saturated heterocycles. The van der Waals surface area contributed by atoms with Gasteiger partial charge in [-0.1, -0.05) is 44.2 Å². The van der Waals surface area contributed by atoms with Crippen LogP contribution in [0.3, 0.4) is 0 Å². The van der Waals surface area contributed by atoms with Crippen molar-refractivity contribution >= 4 is 0 Å². The topological polar surface area (TPSA) is 26.0 Å². The van der Waals surface area contributed by atoms with Crippen LogP contribution in [0.5, 0.6) is 0 Å². The number of halogens is 1. The molecule has 0 fully saturated rings. The van der Waals surface area contributed by atoms with Crippen LogP contribution in [0.2, 0.25) is 0 Å². The number of nitrogens with two attached hydrogens (primary N) is 1. The maximum atomic E-state index is 12.9. The predicted octanol–water partition coefficient (Wildman–Crippen LogP) is 2.22. The fraction of sp³-hybridized carbons (Fsp3) is 0.400. The second-order valence-electron chi connectivity index (χ2n) is 3.49. The van der Waals surface area contributed by atoms with Crippen molar-refractivity contribution in [2.75, 3.05) is 0 Å². The summed E-state index contributed by atoms with van der Waals surface area (Å²) < 4.78 is 12.9. The van der Waals surface area contributed by atoms with Crippen LogP contribution in [0, 0.1) is 0 Å². The predicted molar refractivity (Wildman–Crippen MR) is 48.6 cm³/mol. The molecular weight excluding hydrogens is 153 g/mol. The fourth-order valence-corrected chi connectivity index (χ4v) is 1.03. The summed E-state index contributed by atoms with van der Waals surface area (Å²) in [6.07, 6.45) is -1.32. The quantitative estimate of drug-likeness (QED) is 0.671. The van der Waals surface area contributed by atoms with Gasteiger partial charge in [-0.3, -0.25) is 0 Å². The third kappa shape index (κ3) is 1.64. The highest BCUT2D eigenvalue weighted by atomic mass is 19.1. The van der Waals surface area contributed by atoms with Crippen molar-refractivity contribution in [3.63, 3.8) is 0 Å². The van der Waals surface area contributed by atoms with Crippen molar-refractivity contribution in [3.8, 4) is 0 Å². The minimum Gasteiger partial charge on any atom is -0.301 e. The maximum Gasteiger partial charge on any atom is 0.157 e. The highest BCUT2D eigenvalue weighted by Gasteiger charge is 2.27. The minimum absolute atomic E-state index is 0.596. The Morgan fingerprint density at radius 1 is 1.25 bits per heavy atom. The van der Waals surface area contributed by atoms with Crippen LogP contribution in [0.25, 0.3) is 0 Å². The highest BCUT2D eigenvalue weighted by Crippen LogP contribution is 2.26. The number of alkyl halides is 1. The molecule has 0 aliphatic heterocycles. The van der Waals surface area contributed by atoms with Crippen molar-refractivity contribution in [1.82, 2.24) is 0 Å². The first kappa shape index (κ1) is 9.20. The molecule has 0 amide bonds. The summed E-state index contributed by atoms with van der Waals surface area (Å²) in [6.45, 7) is 3.60. The van der Waals surface area contributed by atoms with Gasteiger partial charge in [0.2, 0.25) is 0 Å². The monoisotopic (exact) mass is 167 g/mol. The average Bonchev–Trinajstić information content (AvgIpc) is 2.06. The Morgan fingerprint density at radius 2 is 1.75 bits per heavy atom. The van der Waals surface area contributed by atoms with Crippen LogP contribution in [0.1, 0.15) is 19.4 Å². The van der Waals surface area contributed by atoms with E-state index in [9.17, 15) is 4.39 Å². The molecule has 1 atom stereocenters. The van der Waals surface area contributed by atoms with Gasteiger partial charge in [0.05, 0.1) is 0 Å². The fourth-order valence-electron chi connectivity index (χ4n) is 1.03. The largest absolute Gasteiger partial charge is 0.301 e. The van der Waals surface area contributed by atoms with Crippen molar-refractivity contribution in [2.45, 2.75) is 25.6 Å². The van der Waals surface area contributed by atoms with Gasteiger partial charge in [0.1, 0.15) is 0 Å². The highest BCUT2D eigenvalue weighted by molar-refractivity contribution is 5.24. The summed E-state index contributed by atoms with van der Waals surface area (Å²) in [5.74, 6) is 0. The van der Waals surface area contributed by atoms with E-state index >= 15 is 0 Å². The zero-order chi connectivity index (χ0) is 9.19. The molecule has 66 valence electrons. The molecule has 0 heterocycles. The van der Waals surface area contributed by atoms with Crippen LogP contribution in [0.15, 0.2) is 30.3 Å². The zero-order valence-electron chi connectivity index (χ0n) is 7.42. The van der Waals surface area contributed by atoms with Gasteiger partial charge in [0.25, 0.3) is 0 Å². The molecule has 0 aliphatic carbocycles. The number of hydrogen-bond donors (Lipinski definition) is 1. The van der Waals surface area contributed by atoms with Gasteiger partial charge in [0.15, 0.2) is 6.30 Å². The van der Waals surface area contributed by atoms with E-state index in [1.807, 2.05) is 30.3 Å². The molecule has 0 radical (unpaired) electrons. The molecule has 1 unspecified atom stereocenters. The van der Waals surface area contributed by atoms with Crippen LogP contribution in [0.4, 0.5) is 4.39 Å². The summed E-state index contributed by atoms with van der Waals surface area (Å²) in [5.41, 5.74) is 5.57. The second kappa shape index (κ2) is 3.23. The van der Waals surface area contributed by atoms with Crippen molar-refractivity contribution in [3.05, 3.63) is 35.9 Å². The van der Waals surface area contributed by atoms with E-state index in [2.05, 4.69) is 0 Å². The molecular formula is C10H14FN. The Kier molecular flexibility index (Phi) is 2.48.